The highest BCUT2D eigenvalue weighted by molar-refractivity contribution is 7.89. The minimum Gasteiger partial charge on any atom is -0.352 e. The lowest BCUT2D eigenvalue weighted by atomic mass is 9.89. The molecule has 1 aromatic heterocycles. The Morgan fingerprint density at radius 2 is 2.00 bits per heavy atom. The lowest BCUT2D eigenvalue weighted by Gasteiger charge is -2.26. The second-order valence-corrected chi connectivity index (χ2v) is 8.01. The highest BCUT2D eigenvalue weighted by Gasteiger charge is 2.26. The van der Waals surface area contributed by atoms with Crippen LogP contribution in [0.15, 0.2) is 17.2 Å². The van der Waals surface area contributed by atoms with Gasteiger partial charge in [0.05, 0.1) is 5.88 Å². The van der Waals surface area contributed by atoms with Gasteiger partial charge in [-0.3, -0.25) is 0 Å². The lowest BCUT2D eigenvalue weighted by molar-refractivity contribution is 0.300. The first-order valence-corrected chi connectivity index (χ1v) is 9.10. The zero-order valence-electron chi connectivity index (χ0n) is 12.2. The van der Waals surface area contributed by atoms with Gasteiger partial charge >= 0.3 is 0 Å². The molecule has 0 bridgehead atoms. The summed E-state index contributed by atoms with van der Waals surface area (Å²) in [5.41, 5.74) is 0.816. The maximum atomic E-state index is 12.6. The van der Waals surface area contributed by atoms with Crippen LogP contribution < -0.4 is 0 Å². The molecule has 0 aromatic carbocycles. The summed E-state index contributed by atoms with van der Waals surface area (Å²) in [5.74, 6) is 0.818. The van der Waals surface area contributed by atoms with E-state index in [9.17, 15) is 8.42 Å². The van der Waals surface area contributed by atoms with Gasteiger partial charge in [-0.2, -0.15) is 0 Å². The van der Waals surface area contributed by atoms with E-state index in [1.165, 1.54) is 23.6 Å². The van der Waals surface area contributed by atoms with E-state index in [-0.39, 0.29) is 0 Å². The van der Waals surface area contributed by atoms with E-state index in [0.717, 1.165) is 18.5 Å². The second kappa shape index (κ2) is 6.50. The molecule has 0 unspecified atom stereocenters. The van der Waals surface area contributed by atoms with Crippen molar-refractivity contribution >= 4 is 21.6 Å². The molecule has 1 aliphatic rings. The standard InChI is InChI=1S/C14H23ClN2O2S/c1-16-11-14(8-13(16)9-15)20(18,19)17(2)10-12-6-4-3-5-7-12/h8,11-12H,3-7,9-10H2,1-2H3. The SMILES string of the molecule is CN(CC1CCCCC1)S(=O)(=O)c1cc(CCl)n(C)c1. The predicted octanol–water partition coefficient (Wildman–Crippen LogP) is 2.96. The Morgan fingerprint density at radius 3 is 2.55 bits per heavy atom. The first-order chi connectivity index (χ1) is 9.45. The van der Waals surface area contributed by atoms with Crippen molar-refractivity contribution < 1.29 is 8.42 Å². The summed E-state index contributed by atoms with van der Waals surface area (Å²) < 4.78 is 28.4. The normalized spacial score (nSPS) is 17.8. The Balaban J connectivity index is 2.11. The molecule has 20 heavy (non-hydrogen) atoms. The van der Waals surface area contributed by atoms with Gasteiger partial charge in [-0.05, 0) is 24.8 Å². The molecule has 0 aliphatic heterocycles. The van der Waals surface area contributed by atoms with Crippen molar-refractivity contribution in [2.75, 3.05) is 13.6 Å². The molecule has 1 heterocycles. The van der Waals surface area contributed by atoms with Crippen molar-refractivity contribution in [3.8, 4) is 0 Å². The third kappa shape index (κ3) is 3.38. The average molecular weight is 319 g/mol. The third-order valence-electron chi connectivity index (χ3n) is 4.17. The summed E-state index contributed by atoms with van der Waals surface area (Å²) in [7, 11) is 0.0990. The highest BCUT2D eigenvalue weighted by Crippen LogP contribution is 2.26. The van der Waals surface area contributed by atoms with Crippen molar-refractivity contribution in [2.45, 2.75) is 42.9 Å². The molecular weight excluding hydrogens is 296 g/mol. The molecule has 1 aromatic rings. The molecule has 0 radical (unpaired) electrons. The van der Waals surface area contributed by atoms with Crippen molar-refractivity contribution in [3.63, 3.8) is 0 Å². The van der Waals surface area contributed by atoms with Crippen LogP contribution in [0.3, 0.4) is 0 Å². The third-order valence-corrected chi connectivity index (χ3v) is 6.23. The maximum Gasteiger partial charge on any atom is 0.244 e. The number of nitrogens with zero attached hydrogens (tertiary/aromatic N) is 2. The molecule has 4 nitrogen and oxygen atoms in total. The van der Waals surface area contributed by atoms with Crippen molar-refractivity contribution in [2.24, 2.45) is 13.0 Å². The maximum absolute atomic E-state index is 12.6. The number of hydrogen-bond donors (Lipinski definition) is 0. The van der Waals surface area contributed by atoms with Gasteiger partial charge in [-0.15, -0.1) is 11.6 Å². The number of hydrogen-bond acceptors (Lipinski definition) is 2. The van der Waals surface area contributed by atoms with Crippen LogP contribution in [0.5, 0.6) is 0 Å². The Bertz CT molecular complexity index is 548. The quantitative estimate of drug-likeness (QED) is 0.783. The Kier molecular flexibility index (Phi) is 5.15. The van der Waals surface area contributed by atoms with Crippen molar-refractivity contribution in [3.05, 3.63) is 18.0 Å². The zero-order chi connectivity index (χ0) is 14.8. The number of alkyl halides is 1. The Labute approximate surface area is 126 Å². The topological polar surface area (TPSA) is 42.3 Å². The van der Waals surface area contributed by atoms with Crippen molar-refractivity contribution in [1.82, 2.24) is 8.87 Å². The summed E-state index contributed by atoms with van der Waals surface area (Å²) in [6.07, 6.45) is 7.65. The van der Waals surface area contributed by atoms with Gasteiger partial charge in [0.1, 0.15) is 4.90 Å². The molecule has 2 rings (SSSR count). The molecule has 114 valence electrons. The molecular formula is C14H23ClN2O2S. The lowest BCUT2D eigenvalue weighted by Crippen LogP contribution is -2.32. The van der Waals surface area contributed by atoms with Crippen LogP contribution in [0.4, 0.5) is 0 Å². The largest absolute Gasteiger partial charge is 0.352 e. The fourth-order valence-electron chi connectivity index (χ4n) is 2.86. The summed E-state index contributed by atoms with van der Waals surface area (Å²) in [6.45, 7) is 0.618. The number of aromatic nitrogens is 1. The number of sulfonamides is 1. The van der Waals surface area contributed by atoms with E-state index in [4.69, 9.17) is 11.6 Å². The molecule has 6 heteroatoms. The van der Waals surface area contributed by atoms with Crippen LogP contribution in [0.1, 0.15) is 37.8 Å². The van der Waals surface area contributed by atoms with Crippen LogP contribution in [-0.4, -0.2) is 30.9 Å². The van der Waals surface area contributed by atoms with Gasteiger partial charge in [0, 0.05) is 32.5 Å². The van der Waals surface area contributed by atoms with E-state index in [1.54, 1.807) is 23.9 Å². The summed E-state index contributed by atoms with van der Waals surface area (Å²) in [4.78, 5) is 0.342. The van der Waals surface area contributed by atoms with Crippen LogP contribution >= 0.6 is 11.6 Å². The van der Waals surface area contributed by atoms with Gasteiger partial charge in [0.25, 0.3) is 0 Å². The zero-order valence-corrected chi connectivity index (χ0v) is 13.8. The van der Waals surface area contributed by atoms with E-state index >= 15 is 0 Å². The molecule has 1 saturated carbocycles. The van der Waals surface area contributed by atoms with Gasteiger partial charge < -0.3 is 4.57 Å². The second-order valence-electron chi connectivity index (χ2n) is 5.70. The number of halogens is 1. The van der Waals surface area contributed by atoms with Gasteiger partial charge in [-0.25, -0.2) is 12.7 Å². The molecule has 0 atom stereocenters. The van der Waals surface area contributed by atoms with Gasteiger partial charge in [-0.1, -0.05) is 19.3 Å². The fourth-order valence-corrected chi connectivity index (χ4v) is 4.47. The summed E-state index contributed by atoms with van der Waals surface area (Å²) >= 11 is 5.80. The molecule has 0 spiro atoms. The van der Waals surface area contributed by atoms with E-state index < -0.39 is 10.0 Å². The first-order valence-electron chi connectivity index (χ1n) is 7.12. The van der Waals surface area contributed by atoms with Crippen LogP contribution in [0.2, 0.25) is 0 Å². The Morgan fingerprint density at radius 1 is 1.35 bits per heavy atom. The predicted molar refractivity (Wildman–Crippen MR) is 81.4 cm³/mol. The van der Waals surface area contributed by atoms with Crippen LogP contribution in [0, 0.1) is 5.92 Å². The van der Waals surface area contributed by atoms with Crippen LogP contribution in [0.25, 0.3) is 0 Å². The fraction of sp³-hybridized carbons (Fsp3) is 0.714. The monoisotopic (exact) mass is 318 g/mol. The van der Waals surface area contributed by atoms with E-state index in [0.29, 0.717) is 23.2 Å². The highest BCUT2D eigenvalue weighted by atomic mass is 35.5. The van der Waals surface area contributed by atoms with E-state index in [2.05, 4.69) is 0 Å². The van der Waals surface area contributed by atoms with Gasteiger partial charge in [0.2, 0.25) is 10.0 Å². The molecule has 1 aliphatic carbocycles. The number of aryl methyl sites for hydroxylation is 1. The molecule has 0 amide bonds. The summed E-state index contributed by atoms with van der Waals surface area (Å²) in [6, 6.07) is 1.67. The molecule has 0 N–H and O–H groups in total. The summed E-state index contributed by atoms with van der Waals surface area (Å²) in [5, 5.41) is 0. The van der Waals surface area contributed by atoms with Gasteiger partial charge in [0.15, 0.2) is 0 Å². The number of rotatable bonds is 5. The minimum atomic E-state index is -3.40. The Hall–Kier alpha value is -0.520. The minimum absolute atomic E-state index is 0.318. The van der Waals surface area contributed by atoms with Crippen LogP contribution in [-0.2, 0) is 23.0 Å². The molecule has 1 fully saturated rings. The first kappa shape index (κ1) is 15.9. The van der Waals surface area contributed by atoms with Crippen molar-refractivity contribution in [1.29, 1.82) is 0 Å². The average Bonchev–Trinajstić information content (AvgIpc) is 2.81. The van der Waals surface area contributed by atoms with E-state index in [1.807, 2.05) is 7.05 Å². The molecule has 0 saturated heterocycles. The smallest absolute Gasteiger partial charge is 0.244 e.